The van der Waals surface area contributed by atoms with Crippen LogP contribution in [0.5, 0.6) is 5.75 Å². The Morgan fingerprint density at radius 3 is 2.45 bits per heavy atom. The van der Waals surface area contributed by atoms with Crippen LogP contribution < -0.4 is 11.0 Å². The number of rotatable bonds is 3. The molecule has 3 N–H and O–H groups in total. The number of hydrogen-bond donors (Lipinski definition) is 3. The van der Waals surface area contributed by atoms with Crippen LogP contribution in [0.2, 0.25) is 0 Å². The molecule has 0 aliphatic carbocycles. The Hall–Kier alpha value is -4.47. The second-order valence-electron chi connectivity index (χ2n) is 5.91. The largest absolute Gasteiger partial charge is 0.504 e. The fraction of sp³-hybridized carbons (Fsp3) is 0. The Kier molecular flexibility index (Phi) is 4.49. The van der Waals surface area contributed by atoms with Gasteiger partial charge in [0.1, 0.15) is 0 Å². The molecule has 0 unspecified atom stereocenters. The van der Waals surface area contributed by atoms with Gasteiger partial charge in [-0.05, 0) is 18.2 Å². The van der Waals surface area contributed by atoms with E-state index in [1.165, 1.54) is 23.0 Å². The van der Waals surface area contributed by atoms with E-state index in [4.69, 9.17) is 4.84 Å². The van der Waals surface area contributed by atoms with Crippen molar-refractivity contribution in [2.45, 2.75) is 0 Å². The van der Waals surface area contributed by atoms with Crippen molar-refractivity contribution in [3.8, 4) is 11.4 Å². The number of aromatic amines is 1. The first-order chi connectivity index (χ1) is 14.0. The summed E-state index contributed by atoms with van der Waals surface area (Å²) < 4.78 is 1.31. The number of nitrogens with one attached hydrogen (secondary N) is 2. The maximum atomic E-state index is 12.3. The van der Waals surface area contributed by atoms with Crippen molar-refractivity contribution >= 4 is 22.6 Å². The van der Waals surface area contributed by atoms with Gasteiger partial charge in [-0.2, -0.15) is 15.7 Å². The number of hydroxylamine groups is 1. The second-order valence-corrected chi connectivity index (χ2v) is 5.91. The molecule has 144 valence electrons. The summed E-state index contributed by atoms with van der Waals surface area (Å²) in [6.07, 6.45) is 1.25. The number of amides is 1. The number of aromatic nitrogens is 4. The van der Waals surface area contributed by atoms with Gasteiger partial charge in [0.25, 0.3) is 5.56 Å². The Balaban J connectivity index is 1.52. The standard InChI is InChI=1S/C19H13N5O5/c25-14-10-24(11-6-2-1-3-7-11)22-16(14)18(27)23-29-19(28)15-12-8-4-5-9-13(12)17(26)21-20-15/h1-10,25H,(H,21,26)(H,23,27). The number of fused-ring (bicyclic) bond motifs is 1. The van der Waals surface area contributed by atoms with Crippen molar-refractivity contribution in [1.29, 1.82) is 0 Å². The second kappa shape index (κ2) is 7.27. The number of carbonyl (C=O) groups excluding carboxylic acids is 2. The first kappa shape index (κ1) is 17.9. The van der Waals surface area contributed by atoms with Crippen LogP contribution >= 0.6 is 0 Å². The highest BCUT2D eigenvalue weighted by atomic mass is 16.7. The van der Waals surface area contributed by atoms with Gasteiger partial charge in [-0.3, -0.25) is 9.59 Å². The summed E-state index contributed by atoms with van der Waals surface area (Å²) in [6, 6.07) is 15.2. The maximum absolute atomic E-state index is 12.3. The summed E-state index contributed by atoms with van der Waals surface area (Å²) >= 11 is 0. The third kappa shape index (κ3) is 3.41. The molecule has 2 heterocycles. The molecule has 0 radical (unpaired) electrons. The van der Waals surface area contributed by atoms with Crippen LogP contribution in [0.25, 0.3) is 16.5 Å². The van der Waals surface area contributed by atoms with Gasteiger partial charge in [0.15, 0.2) is 17.1 Å². The average molecular weight is 391 g/mol. The number of benzene rings is 2. The minimum atomic E-state index is -0.993. The molecule has 10 nitrogen and oxygen atoms in total. The molecule has 2 aromatic heterocycles. The van der Waals surface area contributed by atoms with E-state index in [-0.39, 0.29) is 22.2 Å². The van der Waals surface area contributed by atoms with Crippen molar-refractivity contribution in [3.05, 3.63) is 82.5 Å². The molecule has 0 aliphatic heterocycles. The predicted octanol–water partition coefficient (Wildman–Crippen LogP) is 1.32. The van der Waals surface area contributed by atoms with Crippen LogP contribution in [0.15, 0.2) is 65.6 Å². The van der Waals surface area contributed by atoms with Gasteiger partial charge in [-0.1, -0.05) is 36.4 Å². The van der Waals surface area contributed by atoms with E-state index >= 15 is 0 Å². The van der Waals surface area contributed by atoms with Crippen LogP contribution in [0.4, 0.5) is 0 Å². The summed E-state index contributed by atoms with van der Waals surface area (Å²) in [6.45, 7) is 0. The molecule has 2 aromatic carbocycles. The zero-order chi connectivity index (χ0) is 20.4. The lowest BCUT2D eigenvalue weighted by atomic mass is 10.1. The third-order valence-electron chi connectivity index (χ3n) is 4.06. The topological polar surface area (TPSA) is 139 Å². The van der Waals surface area contributed by atoms with Gasteiger partial charge in [-0.15, -0.1) is 0 Å². The molecular weight excluding hydrogens is 378 g/mol. The SMILES string of the molecule is O=C(NOC(=O)c1n[nH]c(=O)c2ccccc12)c1nn(-c2ccccc2)cc1O. The van der Waals surface area contributed by atoms with Crippen molar-refractivity contribution in [2.24, 2.45) is 0 Å². The minimum Gasteiger partial charge on any atom is -0.504 e. The predicted molar refractivity (Wildman–Crippen MR) is 100 cm³/mol. The van der Waals surface area contributed by atoms with Gasteiger partial charge in [0, 0.05) is 5.39 Å². The monoisotopic (exact) mass is 391 g/mol. The molecule has 0 saturated carbocycles. The summed E-state index contributed by atoms with van der Waals surface area (Å²) in [5, 5.41) is 20.4. The number of para-hydroxylation sites is 1. The van der Waals surface area contributed by atoms with E-state index in [1.54, 1.807) is 36.4 Å². The number of nitrogens with zero attached hydrogens (tertiary/aromatic N) is 3. The molecular formula is C19H13N5O5. The van der Waals surface area contributed by atoms with Crippen LogP contribution in [0, 0.1) is 0 Å². The highest BCUT2D eigenvalue weighted by Crippen LogP contribution is 2.18. The number of carbonyl (C=O) groups is 2. The van der Waals surface area contributed by atoms with Crippen LogP contribution in [-0.4, -0.2) is 37.0 Å². The van der Waals surface area contributed by atoms with Crippen LogP contribution in [-0.2, 0) is 4.84 Å². The number of aromatic hydroxyl groups is 1. The number of H-pyrrole nitrogens is 1. The molecule has 0 saturated heterocycles. The molecule has 4 aromatic rings. The lowest BCUT2D eigenvalue weighted by Crippen LogP contribution is -2.29. The van der Waals surface area contributed by atoms with E-state index in [9.17, 15) is 19.5 Å². The third-order valence-corrected chi connectivity index (χ3v) is 4.06. The van der Waals surface area contributed by atoms with E-state index in [1.807, 2.05) is 11.5 Å². The highest BCUT2D eigenvalue weighted by molar-refractivity contribution is 6.03. The van der Waals surface area contributed by atoms with Gasteiger partial charge in [0.2, 0.25) is 0 Å². The van der Waals surface area contributed by atoms with Crippen LogP contribution in [0.1, 0.15) is 21.0 Å². The molecule has 29 heavy (non-hydrogen) atoms. The maximum Gasteiger partial charge on any atom is 0.383 e. The van der Waals surface area contributed by atoms with Gasteiger partial charge < -0.3 is 9.94 Å². The van der Waals surface area contributed by atoms with Crippen LogP contribution in [0.3, 0.4) is 0 Å². The summed E-state index contributed by atoms with van der Waals surface area (Å²) in [5.41, 5.74) is 1.58. The molecule has 0 fully saturated rings. The molecule has 0 aliphatic rings. The fourth-order valence-electron chi connectivity index (χ4n) is 2.70. The zero-order valence-electron chi connectivity index (χ0n) is 14.7. The van der Waals surface area contributed by atoms with E-state index in [0.29, 0.717) is 5.69 Å². The summed E-state index contributed by atoms with van der Waals surface area (Å²) in [5.74, 6) is -2.32. The minimum absolute atomic E-state index is 0.181. The fourth-order valence-corrected chi connectivity index (χ4v) is 2.70. The molecule has 0 spiro atoms. The molecule has 0 atom stereocenters. The first-order valence-corrected chi connectivity index (χ1v) is 8.37. The summed E-state index contributed by atoms with van der Waals surface area (Å²) in [7, 11) is 0. The van der Waals surface area contributed by atoms with E-state index in [2.05, 4.69) is 15.3 Å². The normalized spacial score (nSPS) is 10.6. The smallest absolute Gasteiger partial charge is 0.383 e. The van der Waals surface area contributed by atoms with Gasteiger partial charge in [0.05, 0.1) is 17.3 Å². The van der Waals surface area contributed by atoms with Crippen molar-refractivity contribution in [1.82, 2.24) is 25.5 Å². The Morgan fingerprint density at radius 1 is 1.00 bits per heavy atom. The number of hydrogen-bond acceptors (Lipinski definition) is 7. The first-order valence-electron chi connectivity index (χ1n) is 8.37. The Bertz CT molecular complexity index is 1280. The summed E-state index contributed by atoms with van der Waals surface area (Å²) in [4.78, 5) is 41.1. The lowest BCUT2D eigenvalue weighted by molar-refractivity contribution is 0.0222. The molecule has 4 rings (SSSR count). The quantitative estimate of drug-likeness (QED) is 0.448. The van der Waals surface area contributed by atoms with Crippen molar-refractivity contribution in [3.63, 3.8) is 0 Å². The molecule has 1 amide bonds. The van der Waals surface area contributed by atoms with E-state index < -0.39 is 23.2 Å². The van der Waals surface area contributed by atoms with Gasteiger partial charge >= 0.3 is 11.9 Å². The van der Waals surface area contributed by atoms with Crippen molar-refractivity contribution < 1.29 is 19.5 Å². The zero-order valence-corrected chi connectivity index (χ0v) is 14.7. The highest BCUT2D eigenvalue weighted by Gasteiger charge is 2.21. The van der Waals surface area contributed by atoms with E-state index in [0.717, 1.165) is 0 Å². The van der Waals surface area contributed by atoms with Crippen molar-refractivity contribution in [2.75, 3.05) is 0 Å². The average Bonchev–Trinajstić information content (AvgIpc) is 3.15. The Labute approximate surface area is 162 Å². The Morgan fingerprint density at radius 2 is 1.69 bits per heavy atom. The van der Waals surface area contributed by atoms with Gasteiger partial charge in [-0.25, -0.2) is 14.6 Å². The molecule has 0 bridgehead atoms. The lowest BCUT2D eigenvalue weighted by Gasteiger charge is -2.06. The molecule has 10 heteroatoms.